The van der Waals surface area contributed by atoms with Crippen molar-refractivity contribution < 1.29 is 4.74 Å². The van der Waals surface area contributed by atoms with E-state index in [1.54, 1.807) is 0 Å². The first kappa shape index (κ1) is 13.6. The molecule has 0 amide bonds. The molecule has 1 aromatic carbocycles. The van der Waals surface area contributed by atoms with Gasteiger partial charge in [0.1, 0.15) is 5.75 Å². The molecule has 0 aliphatic heterocycles. The van der Waals surface area contributed by atoms with Crippen molar-refractivity contribution in [1.29, 1.82) is 0 Å². The van der Waals surface area contributed by atoms with E-state index in [4.69, 9.17) is 17.0 Å². The second kappa shape index (κ2) is 7.72. The molecule has 0 fully saturated rings. The number of unbranched alkanes of at least 4 members (excludes halogenated alkanes) is 1. The summed E-state index contributed by atoms with van der Waals surface area (Å²) in [6.07, 6.45) is 7.93. The molecule has 0 radical (unpaired) electrons. The minimum atomic E-state index is 0.152. The fourth-order valence-corrected chi connectivity index (χ4v) is 1.72. The third-order valence-electron chi connectivity index (χ3n) is 2.61. The first-order chi connectivity index (χ1) is 8.31. The lowest BCUT2D eigenvalue weighted by Gasteiger charge is -2.16. The van der Waals surface area contributed by atoms with Crippen molar-refractivity contribution in [3.8, 4) is 18.1 Å². The monoisotopic (exact) mass is 232 g/mol. The summed E-state index contributed by atoms with van der Waals surface area (Å²) in [7, 11) is 0. The van der Waals surface area contributed by atoms with Gasteiger partial charge >= 0.3 is 0 Å². The molecule has 0 saturated carbocycles. The van der Waals surface area contributed by atoms with Gasteiger partial charge in [-0.15, -0.1) is 12.3 Å². The normalized spacial score (nSPS) is 11.8. The molecule has 0 heterocycles. The third-order valence-corrected chi connectivity index (χ3v) is 2.61. The Morgan fingerprint density at radius 1 is 1.41 bits per heavy atom. The van der Waals surface area contributed by atoms with E-state index < -0.39 is 0 Å². The highest BCUT2D eigenvalue weighted by Gasteiger charge is 2.08. The van der Waals surface area contributed by atoms with Crippen molar-refractivity contribution in [3.05, 3.63) is 29.8 Å². The van der Waals surface area contributed by atoms with Gasteiger partial charge in [-0.1, -0.05) is 12.1 Å². The summed E-state index contributed by atoms with van der Waals surface area (Å²) in [4.78, 5) is 0. The Morgan fingerprint density at radius 3 is 2.65 bits per heavy atom. The highest BCUT2D eigenvalue weighted by Crippen LogP contribution is 2.21. The van der Waals surface area contributed by atoms with Gasteiger partial charge in [-0.2, -0.15) is 0 Å². The van der Waals surface area contributed by atoms with Gasteiger partial charge in [0.15, 0.2) is 0 Å². The average molecular weight is 232 g/mol. The van der Waals surface area contributed by atoms with Crippen LogP contribution in [0.2, 0.25) is 0 Å². The molecule has 3 N–H and O–H groups in total. The largest absolute Gasteiger partial charge is 0.494 e. The molecule has 1 unspecified atom stereocenters. The van der Waals surface area contributed by atoms with E-state index >= 15 is 0 Å². The minimum absolute atomic E-state index is 0.152. The zero-order valence-corrected chi connectivity index (χ0v) is 10.3. The summed E-state index contributed by atoms with van der Waals surface area (Å²) in [5.41, 5.74) is 3.98. The van der Waals surface area contributed by atoms with E-state index in [2.05, 4.69) is 11.3 Å². The molecule has 0 aliphatic rings. The van der Waals surface area contributed by atoms with E-state index in [1.165, 1.54) is 0 Å². The highest BCUT2D eigenvalue weighted by atomic mass is 16.5. The van der Waals surface area contributed by atoms with Gasteiger partial charge in [-0.25, -0.2) is 0 Å². The van der Waals surface area contributed by atoms with Crippen molar-refractivity contribution in [1.82, 2.24) is 5.43 Å². The van der Waals surface area contributed by atoms with Crippen LogP contribution < -0.4 is 16.0 Å². The van der Waals surface area contributed by atoms with Crippen LogP contribution in [0.3, 0.4) is 0 Å². The molecule has 3 nitrogen and oxygen atoms in total. The summed E-state index contributed by atoms with van der Waals surface area (Å²) in [5, 5.41) is 0. The molecule has 1 atom stereocenters. The Bertz CT molecular complexity index is 353. The molecule has 1 aromatic rings. The first-order valence-electron chi connectivity index (χ1n) is 5.94. The van der Waals surface area contributed by atoms with Crippen molar-refractivity contribution >= 4 is 0 Å². The fourth-order valence-electron chi connectivity index (χ4n) is 1.72. The Kier molecular flexibility index (Phi) is 6.16. The number of benzene rings is 1. The van der Waals surface area contributed by atoms with Crippen LogP contribution in [0.25, 0.3) is 0 Å². The zero-order chi connectivity index (χ0) is 12.5. The average Bonchev–Trinajstić information content (AvgIpc) is 2.36. The predicted molar refractivity (Wildman–Crippen MR) is 70.4 cm³/mol. The lowest BCUT2D eigenvalue weighted by atomic mass is 10.0. The van der Waals surface area contributed by atoms with Crippen LogP contribution in [0.15, 0.2) is 24.3 Å². The SMILES string of the molecule is C#CCCCC(NN)c1ccc(OCC)cc1. The van der Waals surface area contributed by atoms with Crippen molar-refractivity contribution in [3.63, 3.8) is 0 Å². The summed E-state index contributed by atoms with van der Waals surface area (Å²) in [5.74, 6) is 9.07. The van der Waals surface area contributed by atoms with Crippen LogP contribution in [0, 0.1) is 12.3 Å². The second-order valence-electron chi connectivity index (χ2n) is 3.82. The molecule has 0 aromatic heterocycles. The Balaban J connectivity index is 2.59. The van der Waals surface area contributed by atoms with Crippen molar-refractivity contribution in [2.75, 3.05) is 6.61 Å². The van der Waals surface area contributed by atoms with Gasteiger partial charge in [-0.3, -0.25) is 11.3 Å². The number of ether oxygens (including phenoxy) is 1. The molecule has 0 aliphatic carbocycles. The Hall–Kier alpha value is -1.50. The van der Waals surface area contributed by atoms with Crippen LogP contribution in [0.5, 0.6) is 5.75 Å². The molecule has 92 valence electrons. The quantitative estimate of drug-likeness (QED) is 0.328. The van der Waals surface area contributed by atoms with Crippen LogP contribution in [-0.2, 0) is 0 Å². The molecule has 0 saturated heterocycles. The summed E-state index contributed by atoms with van der Waals surface area (Å²) in [6.45, 7) is 2.65. The van der Waals surface area contributed by atoms with Gasteiger partial charge in [0.2, 0.25) is 0 Å². The highest BCUT2D eigenvalue weighted by molar-refractivity contribution is 5.29. The van der Waals surface area contributed by atoms with Gasteiger partial charge < -0.3 is 4.74 Å². The lowest BCUT2D eigenvalue weighted by molar-refractivity contribution is 0.340. The number of hydrazine groups is 1. The summed E-state index contributed by atoms with van der Waals surface area (Å²) < 4.78 is 5.39. The maximum Gasteiger partial charge on any atom is 0.119 e. The van der Waals surface area contributed by atoms with Crippen molar-refractivity contribution in [2.45, 2.75) is 32.2 Å². The molecular formula is C14H20N2O. The van der Waals surface area contributed by atoms with Crippen LogP contribution in [0.4, 0.5) is 0 Å². The number of rotatable bonds is 7. The summed E-state index contributed by atoms with van der Waals surface area (Å²) >= 11 is 0. The Morgan fingerprint density at radius 2 is 2.12 bits per heavy atom. The van der Waals surface area contributed by atoms with Crippen molar-refractivity contribution in [2.24, 2.45) is 5.84 Å². The zero-order valence-electron chi connectivity index (χ0n) is 10.3. The van der Waals surface area contributed by atoms with Gasteiger partial charge in [0, 0.05) is 12.5 Å². The molecular weight excluding hydrogens is 212 g/mol. The number of terminal acetylenes is 1. The predicted octanol–water partition coefficient (Wildman–Crippen LogP) is 2.39. The van der Waals surface area contributed by atoms with Crippen LogP contribution in [0.1, 0.15) is 37.8 Å². The third kappa shape index (κ3) is 4.48. The molecule has 1 rings (SSSR count). The van der Waals surface area contributed by atoms with Crippen LogP contribution >= 0.6 is 0 Å². The number of hydrogen-bond donors (Lipinski definition) is 2. The van der Waals surface area contributed by atoms with Crippen LogP contribution in [-0.4, -0.2) is 6.61 Å². The summed E-state index contributed by atoms with van der Waals surface area (Å²) in [6, 6.07) is 8.14. The van der Waals surface area contributed by atoms with E-state index in [0.717, 1.165) is 30.6 Å². The van der Waals surface area contributed by atoms with E-state index in [9.17, 15) is 0 Å². The maximum atomic E-state index is 5.55. The minimum Gasteiger partial charge on any atom is -0.494 e. The van der Waals surface area contributed by atoms with E-state index in [-0.39, 0.29) is 6.04 Å². The molecule has 0 bridgehead atoms. The lowest BCUT2D eigenvalue weighted by Crippen LogP contribution is -2.27. The van der Waals surface area contributed by atoms with E-state index in [0.29, 0.717) is 6.61 Å². The second-order valence-corrected chi connectivity index (χ2v) is 3.82. The molecule has 3 heteroatoms. The van der Waals surface area contributed by atoms with E-state index in [1.807, 2.05) is 31.2 Å². The Labute approximate surface area is 103 Å². The number of nitrogens with two attached hydrogens (primary N) is 1. The van der Waals surface area contributed by atoms with Gasteiger partial charge in [0.05, 0.1) is 6.61 Å². The standard InChI is InChI=1S/C14H20N2O/c1-3-5-6-7-14(16-15)12-8-10-13(11-9-12)17-4-2/h1,8-11,14,16H,4-7,15H2,2H3. The maximum absolute atomic E-state index is 5.55. The van der Waals surface area contributed by atoms with Gasteiger partial charge in [0.25, 0.3) is 0 Å². The fraction of sp³-hybridized carbons (Fsp3) is 0.429. The molecule has 0 spiro atoms. The first-order valence-corrected chi connectivity index (χ1v) is 5.94. The molecule has 17 heavy (non-hydrogen) atoms. The number of hydrogen-bond acceptors (Lipinski definition) is 3. The number of nitrogens with one attached hydrogen (secondary N) is 1. The smallest absolute Gasteiger partial charge is 0.119 e. The topological polar surface area (TPSA) is 47.3 Å². The van der Waals surface area contributed by atoms with Gasteiger partial charge in [-0.05, 0) is 37.5 Å².